The summed E-state index contributed by atoms with van der Waals surface area (Å²) in [5, 5.41) is 4.60. The number of aryl methyl sites for hydroxylation is 3. The number of aromatic nitrogens is 4. The Morgan fingerprint density at radius 3 is 2.30 bits per heavy atom. The second kappa shape index (κ2) is 5.71. The van der Waals surface area contributed by atoms with Crippen molar-refractivity contribution in [1.82, 2.24) is 19.7 Å². The summed E-state index contributed by atoms with van der Waals surface area (Å²) in [6.07, 6.45) is 0.943. The topological polar surface area (TPSA) is 69.6 Å². The highest BCUT2D eigenvalue weighted by molar-refractivity contribution is 5.30. The van der Waals surface area contributed by atoms with Gasteiger partial charge in [0, 0.05) is 17.1 Å². The fourth-order valence-corrected chi connectivity index (χ4v) is 2.40. The highest BCUT2D eigenvalue weighted by atomic mass is 15.4. The molecule has 0 aromatic carbocycles. The van der Waals surface area contributed by atoms with Gasteiger partial charge in [-0.2, -0.15) is 5.10 Å². The highest BCUT2D eigenvalue weighted by Crippen LogP contribution is 2.19. The molecule has 5 heteroatoms. The van der Waals surface area contributed by atoms with E-state index in [2.05, 4.69) is 28.9 Å². The largest absolute Gasteiger partial charge is 0.330 e. The summed E-state index contributed by atoms with van der Waals surface area (Å²) in [5.74, 6) is 1.10. The molecule has 0 aliphatic heterocycles. The van der Waals surface area contributed by atoms with Crippen LogP contribution in [0.2, 0.25) is 0 Å². The molecule has 0 bridgehead atoms. The lowest BCUT2D eigenvalue weighted by molar-refractivity contribution is 0.589. The molecular formula is C15H23N5. The molecule has 20 heavy (non-hydrogen) atoms. The van der Waals surface area contributed by atoms with E-state index in [0.29, 0.717) is 18.4 Å². The van der Waals surface area contributed by atoms with Crippen molar-refractivity contribution in [2.45, 2.75) is 41.0 Å². The SMILES string of the molecule is Cc1cc(C)nc(-n2nc(C)c(CC(C)CN)c2C)n1. The van der Waals surface area contributed by atoms with Gasteiger partial charge in [0.1, 0.15) is 0 Å². The Morgan fingerprint density at radius 1 is 1.15 bits per heavy atom. The smallest absolute Gasteiger partial charge is 0.251 e. The van der Waals surface area contributed by atoms with Crippen molar-refractivity contribution in [3.8, 4) is 5.95 Å². The van der Waals surface area contributed by atoms with E-state index in [1.54, 1.807) is 0 Å². The summed E-state index contributed by atoms with van der Waals surface area (Å²) in [6.45, 7) is 10.9. The van der Waals surface area contributed by atoms with Crippen LogP contribution >= 0.6 is 0 Å². The van der Waals surface area contributed by atoms with E-state index < -0.39 is 0 Å². The molecule has 1 unspecified atom stereocenters. The van der Waals surface area contributed by atoms with Gasteiger partial charge in [-0.15, -0.1) is 0 Å². The summed E-state index contributed by atoms with van der Waals surface area (Å²) < 4.78 is 1.84. The molecule has 5 nitrogen and oxygen atoms in total. The predicted octanol–water partition coefficient (Wildman–Crippen LogP) is 2.03. The van der Waals surface area contributed by atoms with Crippen LogP contribution in [0.1, 0.15) is 35.3 Å². The van der Waals surface area contributed by atoms with Gasteiger partial charge in [0.25, 0.3) is 5.95 Å². The van der Waals surface area contributed by atoms with E-state index in [1.807, 2.05) is 31.5 Å². The van der Waals surface area contributed by atoms with E-state index in [0.717, 1.165) is 29.2 Å². The first-order valence-electron chi connectivity index (χ1n) is 7.00. The third-order valence-electron chi connectivity index (χ3n) is 3.56. The Kier molecular flexibility index (Phi) is 4.18. The molecule has 0 spiro atoms. The third-order valence-corrected chi connectivity index (χ3v) is 3.56. The van der Waals surface area contributed by atoms with E-state index >= 15 is 0 Å². The van der Waals surface area contributed by atoms with E-state index in [9.17, 15) is 0 Å². The van der Waals surface area contributed by atoms with Gasteiger partial charge in [0.15, 0.2) is 0 Å². The van der Waals surface area contributed by atoms with E-state index in [-0.39, 0.29) is 0 Å². The molecule has 0 radical (unpaired) electrons. The van der Waals surface area contributed by atoms with Crippen LogP contribution in [0.25, 0.3) is 5.95 Å². The molecule has 2 aromatic rings. The van der Waals surface area contributed by atoms with Gasteiger partial charge in [-0.1, -0.05) is 6.92 Å². The number of nitrogens with zero attached hydrogens (tertiary/aromatic N) is 4. The van der Waals surface area contributed by atoms with Crippen molar-refractivity contribution in [3.05, 3.63) is 34.4 Å². The normalized spacial score (nSPS) is 12.7. The maximum Gasteiger partial charge on any atom is 0.251 e. The molecule has 0 saturated carbocycles. The van der Waals surface area contributed by atoms with Crippen molar-refractivity contribution in [1.29, 1.82) is 0 Å². The molecule has 2 rings (SSSR count). The lowest BCUT2D eigenvalue weighted by atomic mass is 10.00. The van der Waals surface area contributed by atoms with Crippen LogP contribution in [0, 0.1) is 33.6 Å². The van der Waals surface area contributed by atoms with Crippen LogP contribution in [0.4, 0.5) is 0 Å². The Labute approximate surface area is 120 Å². The third kappa shape index (κ3) is 2.88. The van der Waals surface area contributed by atoms with E-state index in [1.165, 1.54) is 5.56 Å². The molecule has 0 amide bonds. The van der Waals surface area contributed by atoms with Crippen molar-refractivity contribution in [3.63, 3.8) is 0 Å². The average Bonchev–Trinajstić information content (AvgIpc) is 2.65. The number of nitrogens with two attached hydrogens (primary N) is 1. The number of rotatable bonds is 4. The van der Waals surface area contributed by atoms with Crippen molar-refractivity contribution in [2.75, 3.05) is 6.54 Å². The van der Waals surface area contributed by atoms with Gasteiger partial charge < -0.3 is 5.73 Å². The molecule has 0 saturated heterocycles. The Hall–Kier alpha value is -1.75. The minimum Gasteiger partial charge on any atom is -0.330 e. The first kappa shape index (κ1) is 14.7. The lowest BCUT2D eigenvalue weighted by Crippen LogP contribution is -2.14. The summed E-state index contributed by atoms with van der Waals surface area (Å²) >= 11 is 0. The lowest BCUT2D eigenvalue weighted by Gasteiger charge is -2.09. The standard InChI is InChI=1S/C15H23N5/c1-9(8-16)6-14-12(4)19-20(13(14)5)15-17-10(2)7-11(3)18-15/h7,9H,6,8,16H2,1-5H3. The fraction of sp³-hybridized carbons (Fsp3) is 0.533. The van der Waals surface area contributed by atoms with Crippen LogP contribution in [-0.4, -0.2) is 26.3 Å². The van der Waals surface area contributed by atoms with Crippen LogP contribution in [-0.2, 0) is 6.42 Å². The van der Waals surface area contributed by atoms with Gasteiger partial charge in [0.05, 0.1) is 5.69 Å². The Balaban J connectivity index is 2.45. The minimum absolute atomic E-state index is 0.449. The molecule has 0 aliphatic carbocycles. The van der Waals surface area contributed by atoms with Crippen molar-refractivity contribution < 1.29 is 0 Å². The fourth-order valence-electron chi connectivity index (χ4n) is 2.40. The van der Waals surface area contributed by atoms with Gasteiger partial charge >= 0.3 is 0 Å². The molecule has 0 fully saturated rings. The first-order chi connectivity index (χ1) is 9.42. The average molecular weight is 273 g/mol. The maximum atomic E-state index is 5.73. The van der Waals surface area contributed by atoms with Crippen LogP contribution in [0.15, 0.2) is 6.07 Å². The first-order valence-corrected chi connectivity index (χ1v) is 7.00. The molecule has 108 valence electrons. The summed E-state index contributed by atoms with van der Waals surface area (Å²) in [4.78, 5) is 8.97. The highest BCUT2D eigenvalue weighted by Gasteiger charge is 2.16. The monoisotopic (exact) mass is 273 g/mol. The summed E-state index contributed by atoms with van der Waals surface area (Å²) in [7, 11) is 0. The zero-order valence-electron chi connectivity index (χ0n) is 12.9. The molecule has 0 aliphatic rings. The zero-order chi connectivity index (χ0) is 14.9. The van der Waals surface area contributed by atoms with Crippen LogP contribution < -0.4 is 5.73 Å². The minimum atomic E-state index is 0.449. The molecular weight excluding hydrogens is 250 g/mol. The van der Waals surface area contributed by atoms with Gasteiger partial charge in [-0.25, -0.2) is 14.6 Å². The Morgan fingerprint density at radius 2 is 1.75 bits per heavy atom. The molecule has 2 N–H and O–H groups in total. The van der Waals surface area contributed by atoms with Gasteiger partial charge in [-0.05, 0) is 58.2 Å². The van der Waals surface area contributed by atoms with E-state index in [4.69, 9.17) is 5.73 Å². The molecule has 2 aromatic heterocycles. The number of hydrogen-bond donors (Lipinski definition) is 1. The van der Waals surface area contributed by atoms with Crippen LogP contribution in [0.3, 0.4) is 0 Å². The van der Waals surface area contributed by atoms with Gasteiger partial charge in [0.2, 0.25) is 0 Å². The predicted molar refractivity (Wildman–Crippen MR) is 80.0 cm³/mol. The van der Waals surface area contributed by atoms with Crippen molar-refractivity contribution in [2.24, 2.45) is 11.7 Å². The summed E-state index contributed by atoms with van der Waals surface area (Å²) in [6, 6.07) is 1.96. The maximum absolute atomic E-state index is 5.73. The molecule has 2 heterocycles. The second-order valence-electron chi connectivity index (χ2n) is 5.56. The Bertz CT molecular complexity index is 595. The quantitative estimate of drug-likeness (QED) is 0.925. The second-order valence-corrected chi connectivity index (χ2v) is 5.56. The molecule has 1 atom stereocenters. The number of hydrogen-bond acceptors (Lipinski definition) is 4. The zero-order valence-corrected chi connectivity index (χ0v) is 12.9. The van der Waals surface area contributed by atoms with Crippen LogP contribution in [0.5, 0.6) is 0 Å². The summed E-state index contributed by atoms with van der Waals surface area (Å²) in [5.41, 5.74) is 11.0. The van der Waals surface area contributed by atoms with Gasteiger partial charge in [-0.3, -0.25) is 0 Å². The van der Waals surface area contributed by atoms with Crippen molar-refractivity contribution >= 4 is 0 Å².